The summed E-state index contributed by atoms with van der Waals surface area (Å²) in [5.74, 6) is 1.51. The minimum Gasteiger partial charge on any atom is -0.367 e. The average molecular weight is 338 g/mol. The van der Waals surface area contributed by atoms with Gasteiger partial charge < -0.3 is 10.2 Å². The van der Waals surface area contributed by atoms with Gasteiger partial charge in [-0.3, -0.25) is 9.78 Å². The molecule has 130 valence electrons. The van der Waals surface area contributed by atoms with Crippen molar-refractivity contribution in [3.63, 3.8) is 0 Å². The molecule has 4 rings (SSSR count). The van der Waals surface area contributed by atoms with Crippen LogP contribution in [-0.2, 0) is 0 Å². The first-order valence-electron chi connectivity index (χ1n) is 8.90. The van der Waals surface area contributed by atoms with Gasteiger partial charge in [0, 0.05) is 31.0 Å². The average Bonchev–Trinajstić information content (AvgIpc) is 3.07. The second kappa shape index (κ2) is 6.74. The number of nitrogens with one attached hydrogen (secondary N) is 1. The zero-order valence-electron chi connectivity index (χ0n) is 14.4. The van der Waals surface area contributed by atoms with E-state index < -0.39 is 0 Å². The fourth-order valence-electron chi connectivity index (χ4n) is 3.61. The molecule has 1 N–H and O–H groups in total. The monoisotopic (exact) mass is 338 g/mol. The summed E-state index contributed by atoms with van der Waals surface area (Å²) < 4.78 is 0. The lowest BCUT2D eigenvalue weighted by Gasteiger charge is -2.40. The van der Waals surface area contributed by atoms with Crippen LogP contribution in [0.2, 0.25) is 0 Å². The van der Waals surface area contributed by atoms with Crippen LogP contribution in [0.15, 0.2) is 24.7 Å². The standard InChI is InChI=1S/C18H22N6O/c1-12-21-14(10-17(22-12)23-13-4-2-3-5-13)16-6-9-24(16)18(25)15-11-19-7-8-20-15/h7-8,10-11,13,16H,2-6,9H2,1H3,(H,21,22,23). The smallest absolute Gasteiger partial charge is 0.274 e. The van der Waals surface area contributed by atoms with E-state index in [4.69, 9.17) is 0 Å². The normalized spacial score (nSPS) is 20.4. The Morgan fingerprint density at radius 3 is 2.72 bits per heavy atom. The van der Waals surface area contributed by atoms with Crippen molar-refractivity contribution in [2.24, 2.45) is 0 Å². The fourth-order valence-corrected chi connectivity index (χ4v) is 3.61. The molecule has 0 bridgehead atoms. The Labute approximate surface area is 146 Å². The minimum absolute atomic E-state index is 0.0136. The molecule has 7 heteroatoms. The first kappa shape index (κ1) is 15.9. The summed E-state index contributed by atoms with van der Waals surface area (Å²) in [5, 5.41) is 3.52. The number of carbonyl (C=O) groups is 1. The van der Waals surface area contributed by atoms with Crippen molar-refractivity contribution in [2.75, 3.05) is 11.9 Å². The number of hydrogen-bond acceptors (Lipinski definition) is 6. The molecule has 3 heterocycles. The van der Waals surface area contributed by atoms with Gasteiger partial charge in [0.05, 0.1) is 17.9 Å². The predicted molar refractivity (Wildman–Crippen MR) is 93.1 cm³/mol. The molecule has 7 nitrogen and oxygen atoms in total. The summed E-state index contributed by atoms with van der Waals surface area (Å²) in [6.07, 6.45) is 10.5. The molecule has 1 unspecified atom stereocenters. The number of rotatable bonds is 4. The fraction of sp³-hybridized carbons (Fsp3) is 0.500. The Morgan fingerprint density at radius 1 is 1.20 bits per heavy atom. The second-order valence-electron chi connectivity index (χ2n) is 6.74. The molecule has 1 saturated carbocycles. The van der Waals surface area contributed by atoms with Gasteiger partial charge in [-0.15, -0.1) is 0 Å². The van der Waals surface area contributed by atoms with Crippen molar-refractivity contribution < 1.29 is 4.79 Å². The lowest BCUT2D eigenvalue weighted by Crippen LogP contribution is -2.45. The first-order valence-corrected chi connectivity index (χ1v) is 8.90. The molecule has 0 radical (unpaired) electrons. The third kappa shape index (κ3) is 3.31. The third-order valence-corrected chi connectivity index (χ3v) is 4.97. The van der Waals surface area contributed by atoms with E-state index >= 15 is 0 Å². The highest BCUT2D eigenvalue weighted by molar-refractivity contribution is 5.92. The van der Waals surface area contributed by atoms with Crippen molar-refractivity contribution in [3.05, 3.63) is 41.9 Å². The van der Waals surface area contributed by atoms with Gasteiger partial charge in [0.15, 0.2) is 0 Å². The Bertz CT molecular complexity index is 759. The van der Waals surface area contributed by atoms with Crippen molar-refractivity contribution >= 4 is 11.7 Å². The van der Waals surface area contributed by atoms with Crippen LogP contribution in [0.1, 0.15) is 60.2 Å². The van der Waals surface area contributed by atoms with E-state index in [1.165, 1.54) is 31.9 Å². The highest BCUT2D eigenvalue weighted by Gasteiger charge is 2.36. The largest absolute Gasteiger partial charge is 0.367 e. The second-order valence-corrected chi connectivity index (χ2v) is 6.74. The summed E-state index contributed by atoms with van der Waals surface area (Å²) in [6, 6.07) is 2.48. The van der Waals surface area contributed by atoms with Crippen molar-refractivity contribution in [1.82, 2.24) is 24.8 Å². The number of anilines is 1. The molecule has 2 fully saturated rings. The van der Waals surface area contributed by atoms with Gasteiger partial charge in [0.1, 0.15) is 17.3 Å². The maximum Gasteiger partial charge on any atom is 0.274 e. The van der Waals surface area contributed by atoms with Gasteiger partial charge >= 0.3 is 0 Å². The first-order chi connectivity index (χ1) is 12.2. The number of carbonyl (C=O) groups excluding carboxylic acids is 1. The van der Waals surface area contributed by atoms with Gasteiger partial charge in [-0.1, -0.05) is 12.8 Å². The van der Waals surface area contributed by atoms with Crippen LogP contribution in [0.4, 0.5) is 5.82 Å². The van der Waals surface area contributed by atoms with Crippen LogP contribution in [0.25, 0.3) is 0 Å². The van der Waals surface area contributed by atoms with Gasteiger partial charge in [0.2, 0.25) is 0 Å². The highest BCUT2D eigenvalue weighted by Crippen LogP contribution is 2.34. The third-order valence-electron chi connectivity index (χ3n) is 4.97. The summed E-state index contributed by atoms with van der Waals surface area (Å²) in [6.45, 7) is 2.62. The van der Waals surface area contributed by atoms with E-state index in [0.717, 1.165) is 23.8 Å². The lowest BCUT2D eigenvalue weighted by molar-refractivity contribution is 0.0443. The van der Waals surface area contributed by atoms with E-state index in [9.17, 15) is 4.79 Å². The summed E-state index contributed by atoms with van der Waals surface area (Å²) in [4.78, 5) is 31.6. The summed E-state index contributed by atoms with van der Waals surface area (Å²) >= 11 is 0. The van der Waals surface area contributed by atoms with Crippen LogP contribution in [0.5, 0.6) is 0 Å². The zero-order chi connectivity index (χ0) is 17.2. The van der Waals surface area contributed by atoms with Gasteiger partial charge in [-0.2, -0.15) is 0 Å². The highest BCUT2D eigenvalue weighted by atomic mass is 16.2. The predicted octanol–water partition coefficient (Wildman–Crippen LogP) is 2.52. The maximum atomic E-state index is 12.6. The molecule has 2 aromatic heterocycles. The Kier molecular flexibility index (Phi) is 4.29. The van der Waals surface area contributed by atoms with E-state index in [1.807, 2.05) is 17.9 Å². The van der Waals surface area contributed by atoms with Crippen LogP contribution in [-0.4, -0.2) is 43.3 Å². The van der Waals surface area contributed by atoms with E-state index in [2.05, 4.69) is 25.3 Å². The van der Waals surface area contributed by atoms with Gasteiger partial charge in [-0.25, -0.2) is 15.0 Å². The van der Waals surface area contributed by atoms with Gasteiger partial charge in [0.25, 0.3) is 5.91 Å². The molecule has 0 spiro atoms. The topological polar surface area (TPSA) is 83.9 Å². The number of aryl methyl sites for hydroxylation is 1. The molecule has 2 aromatic rings. The Balaban J connectivity index is 1.52. The number of aromatic nitrogens is 4. The molecule has 2 aliphatic rings. The van der Waals surface area contributed by atoms with Gasteiger partial charge in [-0.05, 0) is 26.2 Å². The molecule has 1 aliphatic heterocycles. The van der Waals surface area contributed by atoms with Crippen LogP contribution in [0, 0.1) is 6.92 Å². The SMILES string of the molecule is Cc1nc(NC2CCCC2)cc(C2CCN2C(=O)c2cnccn2)n1. The Morgan fingerprint density at radius 2 is 2.04 bits per heavy atom. The number of amides is 1. The molecule has 1 aliphatic carbocycles. The molecule has 25 heavy (non-hydrogen) atoms. The van der Waals surface area contributed by atoms with Crippen molar-refractivity contribution in [3.8, 4) is 0 Å². The van der Waals surface area contributed by atoms with E-state index in [0.29, 0.717) is 18.3 Å². The minimum atomic E-state index is -0.0917. The summed E-state index contributed by atoms with van der Waals surface area (Å²) in [5.41, 5.74) is 1.28. The number of nitrogens with zero attached hydrogens (tertiary/aromatic N) is 5. The van der Waals surface area contributed by atoms with Crippen LogP contribution in [0.3, 0.4) is 0 Å². The quantitative estimate of drug-likeness (QED) is 0.922. The number of likely N-dealkylation sites (tertiary alicyclic amines) is 1. The van der Waals surface area contributed by atoms with E-state index in [-0.39, 0.29) is 11.9 Å². The number of hydrogen-bond donors (Lipinski definition) is 1. The molecule has 1 saturated heterocycles. The summed E-state index contributed by atoms with van der Waals surface area (Å²) in [7, 11) is 0. The van der Waals surface area contributed by atoms with Crippen molar-refractivity contribution in [1.29, 1.82) is 0 Å². The van der Waals surface area contributed by atoms with Crippen molar-refractivity contribution in [2.45, 2.75) is 51.1 Å². The maximum absolute atomic E-state index is 12.6. The van der Waals surface area contributed by atoms with Crippen LogP contribution >= 0.6 is 0 Å². The molecule has 0 aromatic carbocycles. The molecule has 1 amide bonds. The molecule has 1 atom stereocenters. The van der Waals surface area contributed by atoms with E-state index in [1.54, 1.807) is 12.4 Å². The molecular formula is C18H22N6O. The Hall–Kier alpha value is -2.57. The van der Waals surface area contributed by atoms with Crippen LogP contribution < -0.4 is 5.32 Å². The molecular weight excluding hydrogens is 316 g/mol. The lowest BCUT2D eigenvalue weighted by atomic mass is 9.98. The zero-order valence-corrected chi connectivity index (χ0v) is 14.4.